The van der Waals surface area contributed by atoms with Crippen LogP contribution in [-0.2, 0) is 0 Å². The van der Waals surface area contributed by atoms with Gasteiger partial charge in [0.2, 0.25) is 0 Å². The number of rotatable bonds is 4. The first-order valence-corrected chi connectivity index (χ1v) is 5.76. The van der Waals surface area contributed by atoms with Crippen molar-refractivity contribution in [3.05, 3.63) is 12.2 Å². The van der Waals surface area contributed by atoms with Gasteiger partial charge in [-0.3, -0.25) is 0 Å². The smallest absolute Gasteiger partial charge is 0.153 e. The number of hydrogen-bond donors (Lipinski definition) is 0. The Bertz CT molecular complexity index is 284. The second kappa shape index (κ2) is 4.11. The summed E-state index contributed by atoms with van der Waals surface area (Å²) in [7, 11) is 0. The average Bonchev–Trinajstić information content (AvgIpc) is 2.53. The van der Waals surface area contributed by atoms with E-state index in [0.717, 1.165) is 18.7 Å². The minimum absolute atomic E-state index is 0.552. The van der Waals surface area contributed by atoms with Crippen molar-refractivity contribution in [2.24, 2.45) is 0 Å². The molecule has 1 fully saturated rings. The van der Waals surface area contributed by atoms with Gasteiger partial charge in [-0.15, -0.1) is 0 Å². The molecule has 0 amide bonds. The monoisotopic (exact) mass is 193 g/mol. The SMILES string of the molecule is CCC(CC)c1ncn(C2CCC2)n1. The van der Waals surface area contributed by atoms with Crippen LogP contribution in [0.4, 0.5) is 0 Å². The van der Waals surface area contributed by atoms with Crippen LogP contribution in [0.25, 0.3) is 0 Å². The molecule has 3 nitrogen and oxygen atoms in total. The van der Waals surface area contributed by atoms with E-state index in [9.17, 15) is 0 Å². The van der Waals surface area contributed by atoms with E-state index < -0.39 is 0 Å². The van der Waals surface area contributed by atoms with Gasteiger partial charge in [0.25, 0.3) is 0 Å². The second-order valence-corrected chi connectivity index (χ2v) is 4.18. The van der Waals surface area contributed by atoms with Crippen LogP contribution < -0.4 is 0 Å². The van der Waals surface area contributed by atoms with E-state index in [1.165, 1.54) is 19.3 Å². The van der Waals surface area contributed by atoms with Crippen LogP contribution in [0.15, 0.2) is 6.33 Å². The number of hydrogen-bond acceptors (Lipinski definition) is 2. The molecule has 1 aliphatic carbocycles. The lowest BCUT2D eigenvalue weighted by Gasteiger charge is -2.24. The van der Waals surface area contributed by atoms with Gasteiger partial charge in [-0.2, -0.15) is 5.10 Å². The molecule has 0 atom stereocenters. The fraction of sp³-hybridized carbons (Fsp3) is 0.818. The maximum absolute atomic E-state index is 4.58. The quantitative estimate of drug-likeness (QED) is 0.736. The third kappa shape index (κ3) is 1.68. The van der Waals surface area contributed by atoms with Crippen molar-refractivity contribution >= 4 is 0 Å². The van der Waals surface area contributed by atoms with Crippen LogP contribution in [0.1, 0.15) is 63.7 Å². The highest BCUT2D eigenvalue weighted by Crippen LogP contribution is 2.31. The Labute approximate surface area is 85.5 Å². The van der Waals surface area contributed by atoms with Crippen molar-refractivity contribution in [2.75, 3.05) is 0 Å². The highest BCUT2D eigenvalue weighted by Gasteiger charge is 2.21. The molecule has 14 heavy (non-hydrogen) atoms. The summed E-state index contributed by atoms with van der Waals surface area (Å²) in [4.78, 5) is 4.41. The highest BCUT2D eigenvalue weighted by atomic mass is 15.3. The lowest BCUT2D eigenvalue weighted by atomic mass is 9.94. The molecule has 1 aliphatic rings. The zero-order valence-electron chi connectivity index (χ0n) is 9.11. The largest absolute Gasteiger partial charge is 0.250 e. The molecule has 0 saturated heterocycles. The van der Waals surface area contributed by atoms with E-state index in [4.69, 9.17) is 0 Å². The maximum Gasteiger partial charge on any atom is 0.153 e. The molecule has 2 rings (SSSR count). The number of nitrogens with zero attached hydrogens (tertiary/aromatic N) is 3. The summed E-state index contributed by atoms with van der Waals surface area (Å²) in [5.74, 6) is 1.60. The Morgan fingerprint density at radius 2 is 2.14 bits per heavy atom. The van der Waals surface area contributed by atoms with E-state index in [-0.39, 0.29) is 0 Å². The molecule has 0 spiro atoms. The minimum Gasteiger partial charge on any atom is -0.250 e. The van der Waals surface area contributed by atoms with E-state index in [1.54, 1.807) is 0 Å². The predicted molar refractivity (Wildman–Crippen MR) is 56.2 cm³/mol. The van der Waals surface area contributed by atoms with Gasteiger partial charge in [0.1, 0.15) is 6.33 Å². The van der Waals surface area contributed by atoms with Crippen molar-refractivity contribution in [3.8, 4) is 0 Å². The summed E-state index contributed by atoms with van der Waals surface area (Å²) in [5, 5.41) is 4.58. The predicted octanol–water partition coefficient (Wildman–Crippen LogP) is 2.91. The van der Waals surface area contributed by atoms with E-state index in [0.29, 0.717) is 12.0 Å². The van der Waals surface area contributed by atoms with Crippen molar-refractivity contribution in [1.29, 1.82) is 0 Å². The van der Waals surface area contributed by atoms with Gasteiger partial charge in [0.15, 0.2) is 5.82 Å². The molecule has 0 bridgehead atoms. The first-order chi connectivity index (χ1) is 6.85. The molecule has 1 saturated carbocycles. The fourth-order valence-corrected chi connectivity index (χ4v) is 1.96. The van der Waals surface area contributed by atoms with Gasteiger partial charge in [-0.25, -0.2) is 9.67 Å². The molecule has 0 aromatic carbocycles. The molecule has 0 aliphatic heterocycles. The van der Waals surface area contributed by atoms with Gasteiger partial charge in [0.05, 0.1) is 6.04 Å². The van der Waals surface area contributed by atoms with Crippen molar-refractivity contribution in [3.63, 3.8) is 0 Å². The Hall–Kier alpha value is -0.860. The van der Waals surface area contributed by atoms with Crippen LogP contribution in [0, 0.1) is 0 Å². The molecule has 1 heterocycles. The van der Waals surface area contributed by atoms with Crippen LogP contribution in [-0.4, -0.2) is 14.8 Å². The van der Waals surface area contributed by atoms with Crippen LogP contribution in [0.3, 0.4) is 0 Å². The molecule has 3 heteroatoms. The van der Waals surface area contributed by atoms with Gasteiger partial charge in [-0.1, -0.05) is 13.8 Å². The minimum atomic E-state index is 0.552. The third-order valence-electron chi connectivity index (χ3n) is 3.33. The summed E-state index contributed by atoms with van der Waals surface area (Å²) in [6.45, 7) is 4.41. The normalized spacial score (nSPS) is 17.4. The Kier molecular flexibility index (Phi) is 2.85. The number of aromatic nitrogens is 3. The summed E-state index contributed by atoms with van der Waals surface area (Å²) < 4.78 is 2.07. The molecular formula is C11H19N3. The summed E-state index contributed by atoms with van der Waals surface area (Å²) >= 11 is 0. The summed E-state index contributed by atoms with van der Waals surface area (Å²) in [6.07, 6.45) is 8.12. The molecule has 1 aromatic rings. The zero-order valence-corrected chi connectivity index (χ0v) is 9.11. The Morgan fingerprint density at radius 3 is 2.64 bits per heavy atom. The van der Waals surface area contributed by atoms with Crippen molar-refractivity contribution in [2.45, 2.75) is 57.9 Å². The summed E-state index contributed by atoms with van der Waals surface area (Å²) in [5.41, 5.74) is 0. The lowest BCUT2D eigenvalue weighted by Crippen LogP contribution is -2.17. The van der Waals surface area contributed by atoms with Crippen LogP contribution in [0.2, 0.25) is 0 Å². The zero-order chi connectivity index (χ0) is 9.97. The van der Waals surface area contributed by atoms with Gasteiger partial charge >= 0.3 is 0 Å². The first-order valence-electron chi connectivity index (χ1n) is 5.76. The Morgan fingerprint density at radius 1 is 1.43 bits per heavy atom. The molecule has 1 aromatic heterocycles. The van der Waals surface area contributed by atoms with Gasteiger partial charge in [0, 0.05) is 5.92 Å². The lowest BCUT2D eigenvalue weighted by molar-refractivity contribution is 0.287. The molecule has 0 radical (unpaired) electrons. The average molecular weight is 193 g/mol. The first kappa shape index (κ1) is 9.69. The van der Waals surface area contributed by atoms with Crippen LogP contribution >= 0.6 is 0 Å². The van der Waals surface area contributed by atoms with Crippen molar-refractivity contribution in [1.82, 2.24) is 14.8 Å². The standard InChI is InChI=1S/C11H19N3/c1-3-9(4-2)11-12-8-14(13-11)10-6-5-7-10/h8-10H,3-7H2,1-2H3. The maximum atomic E-state index is 4.58. The van der Waals surface area contributed by atoms with Gasteiger partial charge in [-0.05, 0) is 32.1 Å². The third-order valence-corrected chi connectivity index (χ3v) is 3.33. The fourth-order valence-electron chi connectivity index (χ4n) is 1.96. The van der Waals surface area contributed by atoms with E-state index in [2.05, 4.69) is 28.6 Å². The molecule has 78 valence electrons. The Balaban J connectivity index is 2.07. The van der Waals surface area contributed by atoms with Crippen molar-refractivity contribution < 1.29 is 0 Å². The molecular weight excluding hydrogens is 174 g/mol. The van der Waals surface area contributed by atoms with Gasteiger partial charge < -0.3 is 0 Å². The van der Waals surface area contributed by atoms with E-state index >= 15 is 0 Å². The summed E-state index contributed by atoms with van der Waals surface area (Å²) in [6, 6.07) is 0.644. The second-order valence-electron chi connectivity index (χ2n) is 4.18. The topological polar surface area (TPSA) is 30.7 Å². The van der Waals surface area contributed by atoms with Crippen LogP contribution in [0.5, 0.6) is 0 Å². The van der Waals surface area contributed by atoms with E-state index in [1.807, 2.05) is 6.33 Å². The molecule has 0 N–H and O–H groups in total. The highest BCUT2D eigenvalue weighted by molar-refractivity contribution is 4.94. The molecule has 0 unspecified atom stereocenters.